The van der Waals surface area contributed by atoms with Crippen LogP contribution in [0, 0.1) is 5.82 Å². The van der Waals surface area contributed by atoms with E-state index in [1.165, 1.54) is 12.1 Å². The molecule has 0 amide bonds. The molecule has 0 spiro atoms. The van der Waals surface area contributed by atoms with Gasteiger partial charge >= 0.3 is 0 Å². The average Bonchev–Trinajstić information content (AvgIpc) is 2.65. The summed E-state index contributed by atoms with van der Waals surface area (Å²) < 4.78 is 18.8. The van der Waals surface area contributed by atoms with Gasteiger partial charge in [0.1, 0.15) is 17.3 Å². The second-order valence-electron chi connectivity index (χ2n) is 4.92. The molecule has 0 N–H and O–H groups in total. The predicted octanol–water partition coefficient (Wildman–Crippen LogP) is 4.38. The van der Waals surface area contributed by atoms with E-state index in [1.807, 2.05) is 18.2 Å². The zero-order valence-electron chi connectivity index (χ0n) is 9.75. The molecule has 0 unspecified atom stereocenters. The van der Waals surface area contributed by atoms with E-state index in [2.05, 4.69) is 20.8 Å². The highest BCUT2D eigenvalue weighted by Crippen LogP contribution is 2.29. The Morgan fingerprint density at radius 2 is 1.81 bits per heavy atom. The lowest BCUT2D eigenvalue weighted by molar-refractivity contribution is 0.417. The number of hydrogen-bond donors (Lipinski definition) is 0. The molecular weight excluding hydrogens is 203 g/mol. The van der Waals surface area contributed by atoms with Gasteiger partial charge in [-0.05, 0) is 24.3 Å². The second kappa shape index (κ2) is 3.78. The van der Waals surface area contributed by atoms with Crippen LogP contribution < -0.4 is 0 Å². The molecule has 1 nitrogen and oxygen atoms in total. The predicted molar refractivity (Wildman–Crippen MR) is 62.8 cm³/mol. The Labute approximate surface area is 94.9 Å². The van der Waals surface area contributed by atoms with Gasteiger partial charge in [-0.2, -0.15) is 0 Å². The topological polar surface area (TPSA) is 13.1 Å². The van der Waals surface area contributed by atoms with E-state index in [0.29, 0.717) is 5.76 Å². The monoisotopic (exact) mass is 218 g/mol. The average molecular weight is 218 g/mol. The first-order valence-corrected chi connectivity index (χ1v) is 5.33. The molecule has 0 fully saturated rings. The van der Waals surface area contributed by atoms with Crippen LogP contribution in [-0.2, 0) is 5.41 Å². The normalized spacial score (nSPS) is 11.8. The van der Waals surface area contributed by atoms with Crippen molar-refractivity contribution in [2.75, 3.05) is 0 Å². The molecule has 84 valence electrons. The summed E-state index contributed by atoms with van der Waals surface area (Å²) in [6.07, 6.45) is 0. The van der Waals surface area contributed by atoms with Crippen molar-refractivity contribution in [2.24, 2.45) is 0 Å². The Morgan fingerprint density at radius 1 is 1.06 bits per heavy atom. The molecule has 1 aromatic heterocycles. The van der Waals surface area contributed by atoms with E-state index in [9.17, 15) is 4.39 Å². The third-order valence-corrected chi connectivity index (χ3v) is 2.45. The molecule has 16 heavy (non-hydrogen) atoms. The van der Waals surface area contributed by atoms with E-state index in [1.54, 1.807) is 6.07 Å². The molecule has 0 aliphatic carbocycles. The molecular formula is C14H15FO. The van der Waals surface area contributed by atoms with Crippen LogP contribution in [0.15, 0.2) is 40.8 Å². The van der Waals surface area contributed by atoms with Gasteiger partial charge < -0.3 is 4.42 Å². The Bertz CT molecular complexity index is 491. The Hall–Kier alpha value is -1.57. The Balaban J connectivity index is 2.39. The maximum atomic E-state index is 13.1. The molecule has 0 saturated carbocycles. The van der Waals surface area contributed by atoms with Crippen molar-refractivity contribution in [3.05, 3.63) is 48.0 Å². The van der Waals surface area contributed by atoms with Gasteiger partial charge in [0, 0.05) is 11.0 Å². The van der Waals surface area contributed by atoms with Gasteiger partial charge in [0.05, 0.1) is 0 Å². The first-order chi connectivity index (χ1) is 7.47. The van der Waals surface area contributed by atoms with Crippen LogP contribution in [0.1, 0.15) is 26.5 Å². The van der Waals surface area contributed by atoms with Gasteiger partial charge in [0.15, 0.2) is 0 Å². The van der Waals surface area contributed by atoms with Crippen molar-refractivity contribution >= 4 is 0 Å². The molecule has 2 aromatic rings. The summed E-state index contributed by atoms with van der Waals surface area (Å²) in [6.45, 7) is 6.25. The smallest absolute Gasteiger partial charge is 0.134 e. The highest BCUT2D eigenvalue weighted by molar-refractivity contribution is 5.57. The van der Waals surface area contributed by atoms with Crippen LogP contribution in [-0.4, -0.2) is 0 Å². The minimum Gasteiger partial charge on any atom is -0.461 e. The van der Waals surface area contributed by atoms with Crippen molar-refractivity contribution in [3.8, 4) is 11.3 Å². The molecule has 0 aliphatic heterocycles. The minimum absolute atomic E-state index is 0.0222. The second-order valence-corrected chi connectivity index (χ2v) is 4.92. The Kier molecular flexibility index (Phi) is 2.58. The van der Waals surface area contributed by atoms with Gasteiger partial charge in [-0.15, -0.1) is 0 Å². The maximum absolute atomic E-state index is 13.1. The number of benzene rings is 1. The quantitative estimate of drug-likeness (QED) is 0.692. The third-order valence-electron chi connectivity index (χ3n) is 2.45. The van der Waals surface area contributed by atoms with Crippen molar-refractivity contribution in [1.29, 1.82) is 0 Å². The van der Waals surface area contributed by atoms with E-state index in [-0.39, 0.29) is 11.2 Å². The molecule has 2 rings (SSSR count). The molecule has 0 radical (unpaired) electrons. The summed E-state index contributed by atoms with van der Waals surface area (Å²) in [6, 6.07) is 10.3. The number of rotatable bonds is 1. The number of halogens is 1. The summed E-state index contributed by atoms with van der Waals surface area (Å²) in [5, 5.41) is 0. The van der Waals surface area contributed by atoms with Gasteiger partial charge in [-0.3, -0.25) is 0 Å². The zero-order valence-corrected chi connectivity index (χ0v) is 9.75. The van der Waals surface area contributed by atoms with E-state index >= 15 is 0 Å². The lowest BCUT2D eigenvalue weighted by atomic mass is 9.94. The van der Waals surface area contributed by atoms with E-state index in [0.717, 1.165) is 11.3 Å². The highest BCUT2D eigenvalue weighted by atomic mass is 19.1. The molecule has 2 heteroatoms. The van der Waals surface area contributed by atoms with Crippen molar-refractivity contribution < 1.29 is 8.81 Å². The van der Waals surface area contributed by atoms with E-state index < -0.39 is 0 Å². The van der Waals surface area contributed by atoms with Crippen LogP contribution in [0.3, 0.4) is 0 Å². The highest BCUT2D eigenvalue weighted by Gasteiger charge is 2.18. The maximum Gasteiger partial charge on any atom is 0.134 e. The number of hydrogen-bond acceptors (Lipinski definition) is 1. The fraction of sp³-hybridized carbons (Fsp3) is 0.286. The molecule has 1 heterocycles. The summed E-state index contributed by atoms with van der Waals surface area (Å²) in [5.41, 5.74) is 0.751. The fourth-order valence-electron chi connectivity index (χ4n) is 1.54. The van der Waals surface area contributed by atoms with Gasteiger partial charge in [-0.1, -0.05) is 32.9 Å². The summed E-state index contributed by atoms with van der Waals surface area (Å²) >= 11 is 0. The van der Waals surface area contributed by atoms with Crippen LogP contribution >= 0.6 is 0 Å². The van der Waals surface area contributed by atoms with Gasteiger partial charge in [0.25, 0.3) is 0 Å². The molecule has 0 saturated heterocycles. The lowest BCUT2D eigenvalue weighted by Crippen LogP contribution is -2.08. The van der Waals surface area contributed by atoms with Crippen LogP contribution in [0.5, 0.6) is 0 Å². The minimum atomic E-state index is -0.244. The summed E-state index contributed by atoms with van der Waals surface area (Å²) in [5.74, 6) is 1.38. The zero-order chi connectivity index (χ0) is 11.8. The first kappa shape index (κ1) is 10.9. The molecule has 0 aliphatic rings. The fourth-order valence-corrected chi connectivity index (χ4v) is 1.54. The molecule has 0 atom stereocenters. The molecule has 1 aromatic carbocycles. The summed E-state index contributed by atoms with van der Waals surface area (Å²) in [7, 11) is 0. The Morgan fingerprint density at radius 3 is 2.38 bits per heavy atom. The number of furan rings is 1. The van der Waals surface area contributed by atoms with Gasteiger partial charge in [-0.25, -0.2) is 4.39 Å². The summed E-state index contributed by atoms with van der Waals surface area (Å²) in [4.78, 5) is 0. The van der Waals surface area contributed by atoms with Crippen LogP contribution in [0.4, 0.5) is 4.39 Å². The van der Waals surface area contributed by atoms with Gasteiger partial charge in [0.2, 0.25) is 0 Å². The van der Waals surface area contributed by atoms with Crippen LogP contribution in [0.25, 0.3) is 11.3 Å². The van der Waals surface area contributed by atoms with Crippen molar-refractivity contribution in [3.63, 3.8) is 0 Å². The SMILES string of the molecule is CC(C)(C)c1ccc(-c2cccc(F)c2)o1. The lowest BCUT2D eigenvalue weighted by Gasteiger charge is -2.14. The first-order valence-electron chi connectivity index (χ1n) is 5.33. The molecule has 0 bridgehead atoms. The van der Waals surface area contributed by atoms with Crippen molar-refractivity contribution in [2.45, 2.75) is 26.2 Å². The van der Waals surface area contributed by atoms with Crippen LogP contribution in [0.2, 0.25) is 0 Å². The largest absolute Gasteiger partial charge is 0.461 e. The standard InChI is InChI=1S/C14H15FO/c1-14(2,3)13-8-7-12(16-13)10-5-4-6-11(15)9-10/h4-9H,1-3H3. The third kappa shape index (κ3) is 2.16. The van der Waals surface area contributed by atoms with E-state index in [4.69, 9.17) is 4.42 Å². The van der Waals surface area contributed by atoms with Crippen molar-refractivity contribution in [1.82, 2.24) is 0 Å².